The van der Waals surface area contributed by atoms with Crippen LogP contribution in [0.15, 0.2) is 91.1 Å². The van der Waals surface area contributed by atoms with Crippen LogP contribution in [-0.2, 0) is 0 Å². The molecular formula is C23H16N2. The SMILES string of the molecule is c1ccc(-c2cccc(-c3cccc4[nH]c5cccnc5c34)c2)cc1. The zero-order valence-corrected chi connectivity index (χ0v) is 13.6. The third kappa shape index (κ3) is 2.31. The van der Waals surface area contributed by atoms with E-state index in [-0.39, 0.29) is 0 Å². The van der Waals surface area contributed by atoms with Crippen molar-refractivity contribution < 1.29 is 0 Å². The van der Waals surface area contributed by atoms with E-state index in [2.05, 4.69) is 82.8 Å². The number of aromatic nitrogens is 2. The maximum Gasteiger partial charge on any atom is 0.0963 e. The van der Waals surface area contributed by atoms with Crippen molar-refractivity contribution in [2.45, 2.75) is 0 Å². The molecule has 0 bridgehead atoms. The zero-order valence-electron chi connectivity index (χ0n) is 13.6. The zero-order chi connectivity index (χ0) is 16.6. The van der Waals surface area contributed by atoms with Gasteiger partial charge in [-0.15, -0.1) is 0 Å². The lowest BCUT2D eigenvalue weighted by atomic mass is 9.97. The Balaban J connectivity index is 1.77. The first-order chi connectivity index (χ1) is 12.4. The van der Waals surface area contributed by atoms with Crippen LogP contribution in [-0.4, -0.2) is 9.97 Å². The molecule has 25 heavy (non-hydrogen) atoms. The van der Waals surface area contributed by atoms with Crippen LogP contribution in [0.2, 0.25) is 0 Å². The van der Waals surface area contributed by atoms with E-state index >= 15 is 0 Å². The molecule has 0 spiro atoms. The van der Waals surface area contributed by atoms with Gasteiger partial charge >= 0.3 is 0 Å². The highest BCUT2D eigenvalue weighted by molar-refractivity contribution is 6.12. The van der Waals surface area contributed by atoms with Crippen LogP contribution < -0.4 is 0 Å². The Bertz CT molecular complexity index is 1190. The Morgan fingerprint density at radius 1 is 0.600 bits per heavy atom. The molecule has 2 heteroatoms. The number of nitrogens with zero attached hydrogens (tertiary/aromatic N) is 1. The molecule has 0 aliphatic rings. The van der Waals surface area contributed by atoms with Gasteiger partial charge in [0.15, 0.2) is 0 Å². The molecule has 0 atom stereocenters. The monoisotopic (exact) mass is 320 g/mol. The van der Waals surface area contributed by atoms with Crippen molar-refractivity contribution in [1.82, 2.24) is 9.97 Å². The molecule has 2 nitrogen and oxygen atoms in total. The van der Waals surface area contributed by atoms with Crippen molar-refractivity contribution in [3.8, 4) is 22.3 Å². The summed E-state index contributed by atoms with van der Waals surface area (Å²) in [5, 5.41) is 1.18. The van der Waals surface area contributed by atoms with Crippen molar-refractivity contribution in [2.75, 3.05) is 0 Å². The third-order valence-corrected chi connectivity index (χ3v) is 4.66. The largest absolute Gasteiger partial charge is 0.353 e. The first kappa shape index (κ1) is 14.0. The Kier molecular flexibility index (Phi) is 3.14. The van der Waals surface area contributed by atoms with Crippen LogP contribution in [0.4, 0.5) is 0 Å². The number of rotatable bonds is 2. The van der Waals surface area contributed by atoms with Crippen LogP contribution in [0.1, 0.15) is 0 Å². The first-order valence-corrected chi connectivity index (χ1v) is 8.41. The molecule has 0 aliphatic carbocycles. The Morgan fingerprint density at radius 3 is 2.28 bits per heavy atom. The molecule has 0 saturated heterocycles. The van der Waals surface area contributed by atoms with Gasteiger partial charge in [-0.25, -0.2) is 0 Å². The standard InChI is InChI=1S/C23H16N2/c1-2-7-16(8-3-1)17-9-4-10-18(15-17)19-11-5-12-20-22(19)23-21(25-20)13-6-14-24-23/h1-15,25H. The van der Waals surface area contributed by atoms with E-state index in [4.69, 9.17) is 0 Å². The molecule has 2 aromatic heterocycles. The summed E-state index contributed by atoms with van der Waals surface area (Å²) in [6.07, 6.45) is 1.85. The lowest BCUT2D eigenvalue weighted by Gasteiger charge is -2.08. The summed E-state index contributed by atoms with van der Waals surface area (Å²) in [6.45, 7) is 0. The minimum atomic E-state index is 1.03. The molecule has 0 amide bonds. The average molecular weight is 320 g/mol. The van der Waals surface area contributed by atoms with Gasteiger partial charge in [0.05, 0.1) is 11.0 Å². The maximum atomic E-state index is 4.60. The molecule has 1 N–H and O–H groups in total. The van der Waals surface area contributed by atoms with Crippen molar-refractivity contribution in [1.29, 1.82) is 0 Å². The lowest BCUT2D eigenvalue weighted by Crippen LogP contribution is -1.83. The number of H-pyrrole nitrogens is 1. The van der Waals surface area contributed by atoms with Gasteiger partial charge in [-0.3, -0.25) is 4.98 Å². The van der Waals surface area contributed by atoms with Crippen molar-refractivity contribution in [3.63, 3.8) is 0 Å². The van der Waals surface area contributed by atoms with Crippen molar-refractivity contribution in [2.24, 2.45) is 0 Å². The van der Waals surface area contributed by atoms with Crippen LogP contribution in [0.25, 0.3) is 44.2 Å². The summed E-state index contributed by atoms with van der Waals surface area (Å²) < 4.78 is 0. The van der Waals surface area contributed by atoms with Gasteiger partial charge in [0.2, 0.25) is 0 Å². The molecule has 0 unspecified atom stereocenters. The van der Waals surface area contributed by atoms with Gasteiger partial charge < -0.3 is 4.98 Å². The highest BCUT2D eigenvalue weighted by Gasteiger charge is 2.11. The molecule has 118 valence electrons. The van der Waals surface area contributed by atoms with Gasteiger partial charge in [-0.1, -0.05) is 60.7 Å². The molecule has 3 aromatic carbocycles. The van der Waals surface area contributed by atoms with Gasteiger partial charge in [0.1, 0.15) is 0 Å². The van der Waals surface area contributed by atoms with Crippen molar-refractivity contribution >= 4 is 21.9 Å². The average Bonchev–Trinajstić information content (AvgIpc) is 3.07. The predicted octanol–water partition coefficient (Wildman–Crippen LogP) is 6.05. The lowest BCUT2D eigenvalue weighted by molar-refractivity contribution is 1.42. The maximum absolute atomic E-state index is 4.60. The minimum Gasteiger partial charge on any atom is -0.353 e. The molecule has 5 rings (SSSR count). The summed E-state index contributed by atoms with van der Waals surface area (Å²) in [4.78, 5) is 8.08. The van der Waals surface area contributed by atoms with Crippen LogP contribution in [0.5, 0.6) is 0 Å². The first-order valence-electron chi connectivity index (χ1n) is 8.41. The molecule has 5 aromatic rings. The van der Waals surface area contributed by atoms with Gasteiger partial charge in [0.25, 0.3) is 0 Å². The molecule has 0 fully saturated rings. The summed E-state index contributed by atoms with van der Waals surface area (Å²) >= 11 is 0. The second kappa shape index (κ2) is 5.60. The number of hydrogen-bond acceptors (Lipinski definition) is 1. The molecule has 0 radical (unpaired) electrons. The normalized spacial score (nSPS) is 11.2. The second-order valence-corrected chi connectivity index (χ2v) is 6.20. The smallest absolute Gasteiger partial charge is 0.0963 e. The molecule has 0 saturated carbocycles. The summed E-state index contributed by atoms with van der Waals surface area (Å²) in [5.41, 5.74) is 8.09. The second-order valence-electron chi connectivity index (χ2n) is 6.20. The quantitative estimate of drug-likeness (QED) is 0.421. The number of nitrogens with one attached hydrogen (secondary N) is 1. The number of pyridine rings is 1. The van der Waals surface area contributed by atoms with Gasteiger partial charge in [-0.05, 0) is 46.5 Å². The Hall–Kier alpha value is -3.39. The molecular weight excluding hydrogens is 304 g/mol. The van der Waals surface area contributed by atoms with E-state index in [1.54, 1.807) is 0 Å². The number of hydrogen-bond donors (Lipinski definition) is 1. The van der Waals surface area contributed by atoms with E-state index in [1.165, 1.54) is 27.6 Å². The summed E-state index contributed by atoms with van der Waals surface area (Å²) in [5.74, 6) is 0. The topological polar surface area (TPSA) is 28.7 Å². The van der Waals surface area contributed by atoms with E-state index in [0.29, 0.717) is 0 Å². The molecule has 0 aliphatic heterocycles. The number of benzene rings is 3. The minimum absolute atomic E-state index is 1.03. The van der Waals surface area contributed by atoms with Gasteiger partial charge in [-0.2, -0.15) is 0 Å². The fraction of sp³-hybridized carbons (Fsp3) is 0. The third-order valence-electron chi connectivity index (χ3n) is 4.66. The van der Waals surface area contributed by atoms with Crippen molar-refractivity contribution in [3.05, 3.63) is 91.1 Å². The highest BCUT2D eigenvalue weighted by atomic mass is 14.8. The van der Waals surface area contributed by atoms with Crippen LogP contribution in [0, 0.1) is 0 Å². The van der Waals surface area contributed by atoms with E-state index in [9.17, 15) is 0 Å². The fourth-order valence-electron chi connectivity index (χ4n) is 3.50. The number of fused-ring (bicyclic) bond motifs is 3. The highest BCUT2D eigenvalue weighted by Crippen LogP contribution is 2.35. The summed E-state index contributed by atoms with van der Waals surface area (Å²) in [6, 6.07) is 29.6. The van der Waals surface area contributed by atoms with E-state index in [1.807, 2.05) is 18.3 Å². The summed E-state index contributed by atoms with van der Waals surface area (Å²) in [7, 11) is 0. The van der Waals surface area contributed by atoms with E-state index in [0.717, 1.165) is 16.6 Å². The molecule has 2 heterocycles. The fourth-order valence-corrected chi connectivity index (χ4v) is 3.50. The van der Waals surface area contributed by atoms with Gasteiger partial charge in [0, 0.05) is 17.1 Å². The van der Waals surface area contributed by atoms with Crippen LogP contribution >= 0.6 is 0 Å². The Morgan fingerprint density at radius 2 is 1.36 bits per heavy atom. The predicted molar refractivity (Wildman–Crippen MR) is 104 cm³/mol. The number of aromatic amines is 1. The van der Waals surface area contributed by atoms with E-state index < -0.39 is 0 Å². The van der Waals surface area contributed by atoms with Crippen LogP contribution in [0.3, 0.4) is 0 Å². The Labute approximate surface area is 145 Å².